The highest BCUT2D eigenvalue weighted by molar-refractivity contribution is 5.76. The summed E-state index contributed by atoms with van der Waals surface area (Å²) in [7, 11) is 4.11. The van der Waals surface area contributed by atoms with Gasteiger partial charge in [-0.25, -0.2) is 0 Å². The SMILES string of the molecule is CC.CCC(=O)N(CC)CC(C)(C)COCC(C)(C)CN(CCCN(C)C)C(=O)CC. The van der Waals surface area contributed by atoms with Crippen LogP contribution in [-0.2, 0) is 14.3 Å². The van der Waals surface area contributed by atoms with Crippen molar-refractivity contribution in [1.29, 1.82) is 0 Å². The maximum Gasteiger partial charge on any atom is 0.222 e. The molecule has 2 amide bonds. The van der Waals surface area contributed by atoms with Gasteiger partial charge in [-0.05, 0) is 34.0 Å². The summed E-state index contributed by atoms with van der Waals surface area (Å²) in [5.74, 6) is 0.390. The molecule has 0 heterocycles. The molecule has 0 aliphatic rings. The number of nitrogens with zero attached hydrogens (tertiary/aromatic N) is 3. The standard InChI is InChI=1S/C23H47N3O3.C2H6/c1-10-20(27)25(12-3)16-22(4,5)18-29-19-23(6,7)17-26(21(28)11-2)15-13-14-24(8)9;1-2/h10-19H2,1-9H3;1-2H3. The topological polar surface area (TPSA) is 53.1 Å². The molecular weight excluding hydrogens is 390 g/mol. The van der Waals surface area contributed by atoms with Crippen molar-refractivity contribution in [3.63, 3.8) is 0 Å². The number of hydrogen-bond donors (Lipinski definition) is 0. The maximum absolute atomic E-state index is 12.4. The second kappa shape index (κ2) is 16.5. The predicted octanol–water partition coefficient (Wildman–Crippen LogP) is 4.53. The van der Waals surface area contributed by atoms with Crippen LogP contribution < -0.4 is 0 Å². The van der Waals surface area contributed by atoms with Crippen molar-refractivity contribution in [2.45, 2.75) is 81.6 Å². The fraction of sp³-hybridized carbons (Fsp3) is 0.920. The molecule has 0 N–H and O–H groups in total. The van der Waals surface area contributed by atoms with Gasteiger partial charge >= 0.3 is 0 Å². The molecule has 0 aromatic rings. The fourth-order valence-corrected chi connectivity index (χ4v) is 3.42. The van der Waals surface area contributed by atoms with Gasteiger partial charge in [0.1, 0.15) is 0 Å². The smallest absolute Gasteiger partial charge is 0.222 e. The van der Waals surface area contributed by atoms with Crippen LogP contribution in [0.25, 0.3) is 0 Å². The van der Waals surface area contributed by atoms with Crippen molar-refractivity contribution in [1.82, 2.24) is 14.7 Å². The minimum atomic E-state index is -0.122. The molecule has 0 atom stereocenters. The lowest BCUT2D eigenvalue weighted by Gasteiger charge is -2.35. The predicted molar refractivity (Wildman–Crippen MR) is 132 cm³/mol. The number of amides is 2. The Morgan fingerprint density at radius 2 is 1.16 bits per heavy atom. The molecule has 0 unspecified atom stereocenters. The van der Waals surface area contributed by atoms with Gasteiger partial charge in [0, 0.05) is 49.9 Å². The van der Waals surface area contributed by atoms with Gasteiger partial charge in [0.2, 0.25) is 11.8 Å². The number of hydrogen-bond acceptors (Lipinski definition) is 4. The number of ether oxygens (including phenoxy) is 1. The fourth-order valence-electron chi connectivity index (χ4n) is 3.42. The molecule has 186 valence electrons. The average Bonchev–Trinajstić information content (AvgIpc) is 2.70. The molecule has 0 saturated carbocycles. The monoisotopic (exact) mass is 443 g/mol. The minimum Gasteiger partial charge on any atom is -0.380 e. The second-order valence-electron chi connectivity index (χ2n) is 9.91. The Bertz CT molecular complexity index is 490. The number of rotatable bonds is 15. The van der Waals surface area contributed by atoms with Crippen LogP contribution in [0.2, 0.25) is 0 Å². The van der Waals surface area contributed by atoms with Crippen molar-refractivity contribution >= 4 is 11.8 Å². The molecule has 0 spiro atoms. The summed E-state index contributed by atoms with van der Waals surface area (Å²) in [6, 6.07) is 0. The molecule has 6 nitrogen and oxygen atoms in total. The Balaban J connectivity index is 0. The highest BCUT2D eigenvalue weighted by Crippen LogP contribution is 2.23. The quantitative estimate of drug-likeness (QED) is 0.373. The lowest BCUT2D eigenvalue weighted by atomic mass is 9.92. The first-order valence-corrected chi connectivity index (χ1v) is 12.2. The largest absolute Gasteiger partial charge is 0.380 e. The lowest BCUT2D eigenvalue weighted by Crippen LogP contribution is -2.43. The first-order chi connectivity index (χ1) is 14.4. The van der Waals surface area contributed by atoms with E-state index in [9.17, 15) is 9.59 Å². The van der Waals surface area contributed by atoms with E-state index in [1.54, 1.807) is 0 Å². The van der Waals surface area contributed by atoms with E-state index in [-0.39, 0.29) is 22.6 Å². The molecule has 0 aromatic heterocycles. The molecule has 0 fully saturated rings. The summed E-state index contributed by atoms with van der Waals surface area (Å²) >= 11 is 0. The number of carbonyl (C=O) groups is 2. The molecule has 0 aliphatic carbocycles. The van der Waals surface area contributed by atoms with E-state index in [4.69, 9.17) is 4.74 Å². The Morgan fingerprint density at radius 1 is 0.742 bits per heavy atom. The molecule has 0 rings (SSSR count). The molecule has 31 heavy (non-hydrogen) atoms. The summed E-state index contributed by atoms with van der Waals surface area (Å²) in [5, 5.41) is 0. The minimum absolute atomic E-state index is 0.110. The van der Waals surface area contributed by atoms with Crippen LogP contribution in [0.5, 0.6) is 0 Å². The zero-order valence-electron chi connectivity index (χ0n) is 22.6. The van der Waals surface area contributed by atoms with E-state index in [0.29, 0.717) is 39.1 Å². The van der Waals surface area contributed by atoms with Crippen LogP contribution in [-0.4, -0.2) is 86.5 Å². The number of carbonyl (C=O) groups excluding carboxylic acids is 2. The first kappa shape index (κ1) is 32.0. The maximum atomic E-state index is 12.4. The van der Waals surface area contributed by atoms with Crippen molar-refractivity contribution in [2.75, 3.05) is 60.0 Å². The first-order valence-electron chi connectivity index (χ1n) is 12.2. The van der Waals surface area contributed by atoms with Crippen LogP contribution in [0.1, 0.15) is 81.6 Å². The highest BCUT2D eigenvalue weighted by atomic mass is 16.5. The van der Waals surface area contributed by atoms with Crippen molar-refractivity contribution in [3.8, 4) is 0 Å². The van der Waals surface area contributed by atoms with Gasteiger partial charge in [-0.3, -0.25) is 9.59 Å². The van der Waals surface area contributed by atoms with Gasteiger partial charge in [-0.2, -0.15) is 0 Å². The zero-order chi connectivity index (χ0) is 24.7. The van der Waals surface area contributed by atoms with E-state index in [1.165, 1.54) is 0 Å². The van der Waals surface area contributed by atoms with Gasteiger partial charge in [0.25, 0.3) is 0 Å². The Labute approximate surface area is 193 Å². The molecule has 0 aliphatic heterocycles. The van der Waals surface area contributed by atoms with Gasteiger partial charge in [-0.15, -0.1) is 0 Å². The molecule has 0 radical (unpaired) electrons. The van der Waals surface area contributed by atoms with Gasteiger partial charge in [0.05, 0.1) is 13.2 Å². The summed E-state index contributed by atoms with van der Waals surface area (Å²) < 4.78 is 6.09. The average molecular weight is 444 g/mol. The van der Waals surface area contributed by atoms with E-state index in [0.717, 1.165) is 26.1 Å². The second-order valence-corrected chi connectivity index (χ2v) is 9.91. The molecule has 0 aromatic carbocycles. The van der Waals surface area contributed by atoms with Gasteiger partial charge in [0.15, 0.2) is 0 Å². The van der Waals surface area contributed by atoms with E-state index < -0.39 is 0 Å². The van der Waals surface area contributed by atoms with Crippen LogP contribution in [0, 0.1) is 10.8 Å². The van der Waals surface area contributed by atoms with E-state index in [2.05, 4.69) is 46.7 Å². The summed E-state index contributed by atoms with van der Waals surface area (Å²) in [5.41, 5.74) is -0.232. The Morgan fingerprint density at radius 3 is 1.55 bits per heavy atom. The zero-order valence-corrected chi connectivity index (χ0v) is 22.6. The van der Waals surface area contributed by atoms with Gasteiger partial charge < -0.3 is 19.4 Å². The van der Waals surface area contributed by atoms with Gasteiger partial charge in [-0.1, -0.05) is 55.4 Å². The molecule has 0 bridgehead atoms. The Hall–Kier alpha value is -1.14. The van der Waals surface area contributed by atoms with E-state index >= 15 is 0 Å². The van der Waals surface area contributed by atoms with E-state index in [1.807, 2.05) is 44.4 Å². The van der Waals surface area contributed by atoms with Crippen LogP contribution in [0.4, 0.5) is 0 Å². The third-order valence-corrected chi connectivity index (χ3v) is 4.95. The normalized spacial score (nSPS) is 11.7. The summed E-state index contributed by atoms with van der Waals surface area (Å²) in [6.45, 7) is 23.5. The lowest BCUT2D eigenvalue weighted by molar-refractivity contribution is -0.133. The van der Waals surface area contributed by atoms with Crippen molar-refractivity contribution in [3.05, 3.63) is 0 Å². The molecular formula is C25H53N3O3. The third-order valence-electron chi connectivity index (χ3n) is 4.95. The Kier molecular flexibility index (Phi) is 17.0. The molecule has 6 heteroatoms. The third kappa shape index (κ3) is 15.3. The van der Waals surface area contributed by atoms with Crippen molar-refractivity contribution in [2.24, 2.45) is 10.8 Å². The summed E-state index contributed by atoms with van der Waals surface area (Å²) in [6.07, 6.45) is 2.04. The van der Waals surface area contributed by atoms with Crippen LogP contribution in [0.15, 0.2) is 0 Å². The summed E-state index contributed by atoms with van der Waals surface area (Å²) in [4.78, 5) is 30.5. The highest BCUT2D eigenvalue weighted by Gasteiger charge is 2.28. The van der Waals surface area contributed by atoms with Crippen molar-refractivity contribution < 1.29 is 14.3 Å². The molecule has 0 saturated heterocycles. The van der Waals surface area contributed by atoms with Crippen LogP contribution >= 0.6 is 0 Å². The van der Waals surface area contributed by atoms with Crippen LogP contribution in [0.3, 0.4) is 0 Å².